The van der Waals surface area contributed by atoms with Crippen LogP contribution in [0.3, 0.4) is 0 Å². The Balaban J connectivity index is 4.36. The van der Waals surface area contributed by atoms with Crippen LogP contribution in [-0.4, -0.2) is 51.2 Å². The summed E-state index contributed by atoms with van der Waals surface area (Å²) in [6.45, 7) is 0. The van der Waals surface area contributed by atoms with E-state index in [1.165, 1.54) is 6.26 Å². The van der Waals surface area contributed by atoms with E-state index < -0.39 is 47.1 Å². The lowest BCUT2D eigenvalue weighted by molar-refractivity contribution is -0.143. The van der Waals surface area contributed by atoms with E-state index in [0.29, 0.717) is 0 Å². The normalized spacial score (nSPS) is 15.4. The summed E-state index contributed by atoms with van der Waals surface area (Å²) in [7, 11) is -1.08. The Labute approximate surface area is 107 Å². The highest BCUT2D eigenvalue weighted by molar-refractivity contribution is 7.84. The van der Waals surface area contributed by atoms with Gasteiger partial charge in [0.15, 0.2) is 0 Å². The molecular formula is C9H17N3O5S. The maximum atomic E-state index is 11.5. The van der Waals surface area contributed by atoms with E-state index in [-0.39, 0.29) is 12.2 Å². The number of amides is 2. The Morgan fingerprint density at radius 3 is 2.33 bits per heavy atom. The SMILES string of the molecule is CS(=O)CC[C@H](N)C(=O)N[C@@H](CC(N)=O)C(=O)O. The third-order valence-corrected chi connectivity index (χ3v) is 2.88. The van der Waals surface area contributed by atoms with Gasteiger partial charge in [-0.05, 0) is 6.42 Å². The van der Waals surface area contributed by atoms with Crippen LogP contribution in [-0.2, 0) is 25.2 Å². The van der Waals surface area contributed by atoms with Gasteiger partial charge in [0.2, 0.25) is 11.8 Å². The number of hydrogen-bond acceptors (Lipinski definition) is 5. The van der Waals surface area contributed by atoms with Crippen molar-refractivity contribution in [3.05, 3.63) is 0 Å². The number of primary amides is 1. The molecule has 18 heavy (non-hydrogen) atoms. The molecule has 0 radical (unpaired) electrons. The first-order valence-electron chi connectivity index (χ1n) is 5.11. The minimum atomic E-state index is -1.40. The lowest BCUT2D eigenvalue weighted by atomic mass is 10.1. The summed E-state index contributed by atoms with van der Waals surface area (Å²) in [6.07, 6.45) is 1.13. The quantitative estimate of drug-likeness (QED) is 0.386. The molecule has 2 amide bonds. The molecule has 8 nitrogen and oxygen atoms in total. The Morgan fingerprint density at radius 1 is 1.39 bits per heavy atom. The van der Waals surface area contributed by atoms with Crippen molar-refractivity contribution < 1.29 is 23.7 Å². The van der Waals surface area contributed by atoms with Crippen LogP contribution < -0.4 is 16.8 Å². The van der Waals surface area contributed by atoms with Crippen molar-refractivity contribution in [3.63, 3.8) is 0 Å². The van der Waals surface area contributed by atoms with E-state index in [0.717, 1.165) is 0 Å². The fourth-order valence-electron chi connectivity index (χ4n) is 1.10. The van der Waals surface area contributed by atoms with Gasteiger partial charge in [0.25, 0.3) is 0 Å². The lowest BCUT2D eigenvalue weighted by Crippen LogP contribution is -2.50. The van der Waals surface area contributed by atoms with Crippen molar-refractivity contribution in [2.75, 3.05) is 12.0 Å². The minimum Gasteiger partial charge on any atom is -0.480 e. The molecule has 0 aliphatic rings. The van der Waals surface area contributed by atoms with E-state index in [4.69, 9.17) is 16.6 Å². The predicted molar refractivity (Wildman–Crippen MR) is 64.9 cm³/mol. The number of hydrogen-bond donors (Lipinski definition) is 4. The Morgan fingerprint density at radius 2 is 1.94 bits per heavy atom. The molecule has 0 aromatic heterocycles. The average molecular weight is 279 g/mol. The first-order valence-corrected chi connectivity index (χ1v) is 6.83. The molecule has 0 fully saturated rings. The largest absolute Gasteiger partial charge is 0.480 e. The minimum absolute atomic E-state index is 0.165. The third-order valence-electron chi connectivity index (χ3n) is 2.07. The van der Waals surface area contributed by atoms with Gasteiger partial charge in [-0.3, -0.25) is 13.8 Å². The molecule has 0 aliphatic heterocycles. The zero-order valence-electron chi connectivity index (χ0n) is 9.92. The van der Waals surface area contributed by atoms with Crippen LogP contribution in [0.15, 0.2) is 0 Å². The number of carbonyl (C=O) groups excluding carboxylic acids is 2. The van der Waals surface area contributed by atoms with E-state index in [1.54, 1.807) is 0 Å². The number of aliphatic carboxylic acids is 1. The molecule has 6 N–H and O–H groups in total. The number of carbonyl (C=O) groups is 3. The zero-order valence-corrected chi connectivity index (χ0v) is 10.7. The molecule has 0 heterocycles. The first-order chi connectivity index (χ1) is 8.23. The Bertz CT molecular complexity index is 360. The molecule has 0 rings (SSSR count). The van der Waals surface area contributed by atoms with E-state index in [9.17, 15) is 18.6 Å². The summed E-state index contributed by atoms with van der Waals surface area (Å²) in [6, 6.07) is -2.36. The fraction of sp³-hybridized carbons (Fsp3) is 0.667. The van der Waals surface area contributed by atoms with E-state index in [1.807, 2.05) is 0 Å². The van der Waals surface area contributed by atoms with Crippen LogP contribution >= 0.6 is 0 Å². The second kappa shape index (κ2) is 7.77. The van der Waals surface area contributed by atoms with Crippen molar-refractivity contribution in [1.29, 1.82) is 0 Å². The van der Waals surface area contributed by atoms with Gasteiger partial charge in [-0.1, -0.05) is 0 Å². The number of nitrogens with two attached hydrogens (primary N) is 2. The van der Waals surface area contributed by atoms with Gasteiger partial charge >= 0.3 is 5.97 Å². The highest BCUT2D eigenvalue weighted by Crippen LogP contribution is 1.96. The summed E-state index contributed by atoms with van der Waals surface area (Å²) in [4.78, 5) is 32.9. The van der Waals surface area contributed by atoms with Crippen molar-refractivity contribution in [3.8, 4) is 0 Å². The predicted octanol–water partition coefficient (Wildman–Crippen LogP) is -2.47. The highest BCUT2D eigenvalue weighted by atomic mass is 32.2. The van der Waals surface area contributed by atoms with Gasteiger partial charge in [-0.25, -0.2) is 4.79 Å². The number of rotatable bonds is 8. The molecule has 0 saturated carbocycles. The van der Waals surface area contributed by atoms with E-state index in [2.05, 4.69) is 5.32 Å². The standard InChI is InChI=1S/C9H17N3O5S/c1-18(17)3-2-5(10)8(14)12-6(9(15)16)4-7(11)13/h5-6H,2-4,10H2,1H3,(H2,11,13)(H,12,14)(H,15,16)/t5-,6-,18?/m0/s1. The second-order valence-corrected chi connectivity index (χ2v) is 5.30. The van der Waals surface area contributed by atoms with Crippen LogP contribution in [0.2, 0.25) is 0 Å². The zero-order chi connectivity index (χ0) is 14.3. The monoisotopic (exact) mass is 279 g/mol. The number of carboxylic acid groups (broad SMARTS) is 1. The molecule has 1 unspecified atom stereocenters. The van der Waals surface area contributed by atoms with Crippen molar-refractivity contribution in [1.82, 2.24) is 5.32 Å². The summed E-state index contributed by atoms with van der Waals surface area (Å²) >= 11 is 0. The summed E-state index contributed by atoms with van der Waals surface area (Å²) in [5, 5.41) is 10.9. The van der Waals surface area contributed by atoms with Gasteiger partial charge in [0.1, 0.15) is 6.04 Å². The molecule has 0 aliphatic carbocycles. The average Bonchev–Trinajstić information content (AvgIpc) is 2.23. The van der Waals surface area contributed by atoms with Crippen LogP contribution in [0.1, 0.15) is 12.8 Å². The van der Waals surface area contributed by atoms with Gasteiger partial charge in [0, 0.05) is 22.8 Å². The maximum Gasteiger partial charge on any atom is 0.326 e. The van der Waals surface area contributed by atoms with Crippen LogP contribution in [0.4, 0.5) is 0 Å². The van der Waals surface area contributed by atoms with Crippen LogP contribution in [0.25, 0.3) is 0 Å². The number of nitrogens with one attached hydrogen (secondary N) is 1. The molecule has 0 bridgehead atoms. The van der Waals surface area contributed by atoms with Gasteiger partial charge < -0.3 is 21.9 Å². The van der Waals surface area contributed by atoms with Gasteiger partial charge in [-0.2, -0.15) is 0 Å². The van der Waals surface area contributed by atoms with Crippen molar-refractivity contribution >= 4 is 28.6 Å². The molecule has 0 aromatic rings. The smallest absolute Gasteiger partial charge is 0.326 e. The Kier molecular flexibility index (Phi) is 7.13. The first kappa shape index (κ1) is 16.5. The summed E-state index contributed by atoms with van der Waals surface area (Å²) in [5.74, 6) is -2.68. The molecule has 0 aromatic carbocycles. The fourth-order valence-corrected chi connectivity index (χ4v) is 1.69. The molecule has 104 valence electrons. The second-order valence-electron chi connectivity index (χ2n) is 3.74. The summed E-state index contributed by atoms with van der Waals surface area (Å²) in [5.41, 5.74) is 10.3. The van der Waals surface area contributed by atoms with Crippen molar-refractivity contribution in [2.45, 2.75) is 24.9 Å². The highest BCUT2D eigenvalue weighted by Gasteiger charge is 2.24. The number of carboxylic acids is 1. The molecular weight excluding hydrogens is 262 g/mol. The maximum absolute atomic E-state index is 11.5. The lowest BCUT2D eigenvalue weighted by Gasteiger charge is -2.16. The van der Waals surface area contributed by atoms with Crippen molar-refractivity contribution in [2.24, 2.45) is 11.5 Å². The molecule has 3 atom stereocenters. The topological polar surface area (TPSA) is 153 Å². The van der Waals surface area contributed by atoms with Gasteiger partial charge in [-0.15, -0.1) is 0 Å². The van der Waals surface area contributed by atoms with Crippen LogP contribution in [0.5, 0.6) is 0 Å². The van der Waals surface area contributed by atoms with Crippen LogP contribution in [0, 0.1) is 0 Å². The third kappa shape index (κ3) is 6.97. The Hall–Kier alpha value is -1.48. The van der Waals surface area contributed by atoms with E-state index >= 15 is 0 Å². The molecule has 0 saturated heterocycles. The molecule has 0 spiro atoms. The molecule has 9 heteroatoms. The van der Waals surface area contributed by atoms with Gasteiger partial charge in [0.05, 0.1) is 12.5 Å². The summed E-state index contributed by atoms with van der Waals surface area (Å²) < 4.78 is 10.8.